The fraction of sp³-hybridized carbons (Fsp3) is 0.500. The molecule has 0 bridgehead atoms. The van der Waals surface area contributed by atoms with Gasteiger partial charge in [0.2, 0.25) is 0 Å². The summed E-state index contributed by atoms with van der Waals surface area (Å²) in [4.78, 5) is 12.9. The van der Waals surface area contributed by atoms with Crippen molar-refractivity contribution in [2.24, 2.45) is 0 Å². The lowest BCUT2D eigenvalue weighted by Gasteiger charge is -2.19. The molecule has 4 nitrogen and oxygen atoms in total. The molecule has 2 aromatic heterocycles. The van der Waals surface area contributed by atoms with Gasteiger partial charge in [-0.15, -0.1) is 11.3 Å². The second kappa shape index (κ2) is 8.10. The molecule has 0 aliphatic rings. The van der Waals surface area contributed by atoms with Crippen LogP contribution in [0.4, 0.5) is 5.13 Å². The van der Waals surface area contributed by atoms with E-state index in [0.29, 0.717) is 0 Å². The molecule has 0 amide bonds. The van der Waals surface area contributed by atoms with Gasteiger partial charge in [-0.25, -0.2) is 4.98 Å². The van der Waals surface area contributed by atoms with E-state index in [1.807, 2.05) is 25.4 Å². The predicted octanol–water partition coefficient (Wildman–Crippen LogP) is 3.24. The van der Waals surface area contributed by atoms with Gasteiger partial charge in [0.1, 0.15) is 0 Å². The van der Waals surface area contributed by atoms with Crippen molar-refractivity contribution in [2.75, 3.05) is 18.5 Å². The Hall–Kier alpha value is -1.46. The highest BCUT2D eigenvalue weighted by molar-refractivity contribution is 7.15. The number of hydrogen-bond acceptors (Lipinski definition) is 5. The topological polar surface area (TPSA) is 41.1 Å². The molecule has 0 unspecified atom stereocenters. The van der Waals surface area contributed by atoms with Crippen LogP contribution in [-0.4, -0.2) is 23.6 Å². The van der Waals surface area contributed by atoms with Crippen LogP contribution in [0, 0.1) is 0 Å². The summed E-state index contributed by atoms with van der Waals surface area (Å²) in [5.74, 6) is 0. The van der Waals surface area contributed by atoms with Gasteiger partial charge < -0.3 is 10.2 Å². The molecule has 21 heavy (non-hydrogen) atoms. The van der Waals surface area contributed by atoms with Gasteiger partial charge in [0.15, 0.2) is 5.13 Å². The molecule has 0 atom stereocenters. The molecule has 0 aliphatic carbocycles. The van der Waals surface area contributed by atoms with E-state index in [9.17, 15) is 0 Å². The first kappa shape index (κ1) is 15.9. The van der Waals surface area contributed by atoms with Crippen LogP contribution in [0.5, 0.6) is 0 Å². The van der Waals surface area contributed by atoms with Crippen LogP contribution in [0.25, 0.3) is 0 Å². The largest absolute Gasteiger partial charge is 0.342 e. The molecule has 0 fully saturated rings. The molecule has 0 aliphatic heterocycles. The first-order chi connectivity index (χ1) is 10.3. The maximum Gasteiger partial charge on any atom is 0.186 e. The Bertz CT molecular complexity index is 515. The smallest absolute Gasteiger partial charge is 0.186 e. The van der Waals surface area contributed by atoms with Crippen molar-refractivity contribution < 1.29 is 0 Å². The minimum absolute atomic E-state index is 0.815. The van der Waals surface area contributed by atoms with Gasteiger partial charge in [-0.3, -0.25) is 4.98 Å². The van der Waals surface area contributed by atoms with E-state index in [1.54, 1.807) is 11.3 Å². The minimum atomic E-state index is 0.815. The molecular formula is C16H24N4S. The summed E-state index contributed by atoms with van der Waals surface area (Å²) in [7, 11) is 1.99. The van der Waals surface area contributed by atoms with Crippen molar-refractivity contribution in [2.45, 2.75) is 39.8 Å². The van der Waals surface area contributed by atoms with Crippen LogP contribution >= 0.6 is 11.3 Å². The van der Waals surface area contributed by atoms with Crippen LogP contribution in [0.1, 0.15) is 36.5 Å². The Kier molecular flexibility index (Phi) is 6.14. The monoisotopic (exact) mass is 304 g/mol. The van der Waals surface area contributed by atoms with Crippen LogP contribution in [0.2, 0.25) is 0 Å². The molecule has 2 heterocycles. The Labute approximate surface area is 131 Å². The van der Waals surface area contributed by atoms with Crippen molar-refractivity contribution in [3.63, 3.8) is 0 Å². The van der Waals surface area contributed by atoms with Gasteiger partial charge in [-0.2, -0.15) is 0 Å². The molecule has 0 saturated heterocycles. The number of pyridine rings is 1. The lowest BCUT2D eigenvalue weighted by Crippen LogP contribution is -2.22. The van der Waals surface area contributed by atoms with Crippen LogP contribution in [-0.2, 0) is 19.5 Å². The molecule has 2 aromatic rings. The van der Waals surface area contributed by atoms with Crippen LogP contribution in [0.15, 0.2) is 24.4 Å². The third-order valence-corrected chi connectivity index (χ3v) is 4.48. The van der Waals surface area contributed by atoms with Crippen molar-refractivity contribution >= 4 is 16.5 Å². The molecule has 0 radical (unpaired) electrons. The maximum absolute atomic E-state index is 4.86. The molecule has 114 valence electrons. The number of aromatic nitrogens is 2. The van der Waals surface area contributed by atoms with Gasteiger partial charge >= 0.3 is 0 Å². The summed E-state index contributed by atoms with van der Waals surface area (Å²) in [6.07, 6.45) is 4.03. The second-order valence-corrected chi connectivity index (χ2v) is 6.04. The van der Waals surface area contributed by atoms with E-state index in [1.165, 1.54) is 10.6 Å². The fourth-order valence-electron chi connectivity index (χ4n) is 2.24. The van der Waals surface area contributed by atoms with E-state index < -0.39 is 0 Å². The molecule has 2 rings (SSSR count). The van der Waals surface area contributed by atoms with Gasteiger partial charge in [-0.05, 0) is 32.5 Å². The lowest BCUT2D eigenvalue weighted by molar-refractivity contribution is 0.784. The van der Waals surface area contributed by atoms with E-state index in [2.05, 4.69) is 35.1 Å². The maximum atomic E-state index is 4.86. The Morgan fingerprint density at radius 2 is 2.14 bits per heavy atom. The third-order valence-electron chi connectivity index (χ3n) is 3.32. The van der Waals surface area contributed by atoms with E-state index in [4.69, 9.17) is 4.98 Å². The van der Waals surface area contributed by atoms with Gasteiger partial charge in [0.05, 0.1) is 17.9 Å². The van der Waals surface area contributed by atoms with E-state index >= 15 is 0 Å². The van der Waals surface area contributed by atoms with E-state index in [0.717, 1.165) is 43.3 Å². The highest BCUT2D eigenvalue weighted by atomic mass is 32.1. The zero-order valence-corrected chi connectivity index (χ0v) is 13.9. The number of anilines is 1. The van der Waals surface area contributed by atoms with Gasteiger partial charge in [-0.1, -0.05) is 19.4 Å². The average molecular weight is 304 g/mol. The van der Waals surface area contributed by atoms with Gasteiger partial charge in [0.25, 0.3) is 0 Å². The van der Waals surface area contributed by atoms with E-state index in [-0.39, 0.29) is 0 Å². The fourth-order valence-corrected chi connectivity index (χ4v) is 3.42. The standard InChI is InChI=1S/C16H24N4S/c1-4-8-14-15(11-17-3)21-16(19-14)20(5-2)12-13-9-6-7-10-18-13/h6-7,9-10,17H,4-5,8,11-12H2,1-3H3. The molecular weight excluding hydrogens is 280 g/mol. The minimum Gasteiger partial charge on any atom is -0.342 e. The third kappa shape index (κ3) is 4.25. The van der Waals surface area contributed by atoms with Crippen LogP contribution < -0.4 is 10.2 Å². The Morgan fingerprint density at radius 3 is 2.76 bits per heavy atom. The number of rotatable bonds is 8. The number of thiazole rings is 1. The molecule has 5 heteroatoms. The first-order valence-electron chi connectivity index (χ1n) is 7.56. The molecule has 0 aromatic carbocycles. The lowest BCUT2D eigenvalue weighted by atomic mass is 10.2. The van der Waals surface area contributed by atoms with Crippen LogP contribution in [0.3, 0.4) is 0 Å². The summed E-state index contributed by atoms with van der Waals surface area (Å²) in [5, 5.41) is 4.35. The Morgan fingerprint density at radius 1 is 1.29 bits per heavy atom. The molecule has 0 spiro atoms. The van der Waals surface area contributed by atoms with Crippen molar-refractivity contribution in [3.05, 3.63) is 40.7 Å². The number of hydrogen-bond donors (Lipinski definition) is 1. The summed E-state index contributed by atoms with van der Waals surface area (Å²) in [6, 6.07) is 6.05. The molecule has 1 N–H and O–H groups in total. The zero-order valence-electron chi connectivity index (χ0n) is 13.1. The first-order valence-corrected chi connectivity index (χ1v) is 8.38. The number of aryl methyl sites for hydroxylation is 1. The summed E-state index contributed by atoms with van der Waals surface area (Å²) < 4.78 is 0. The van der Waals surface area contributed by atoms with Crippen molar-refractivity contribution in [1.82, 2.24) is 15.3 Å². The summed E-state index contributed by atoms with van der Waals surface area (Å²) >= 11 is 1.80. The second-order valence-electron chi connectivity index (χ2n) is 4.98. The number of nitrogens with zero attached hydrogens (tertiary/aromatic N) is 3. The number of nitrogens with one attached hydrogen (secondary N) is 1. The average Bonchev–Trinajstić information content (AvgIpc) is 2.89. The Balaban J connectivity index is 2.19. The summed E-state index contributed by atoms with van der Waals surface area (Å²) in [6.45, 7) is 7.02. The predicted molar refractivity (Wildman–Crippen MR) is 89.8 cm³/mol. The zero-order chi connectivity index (χ0) is 15.1. The molecule has 0 saturated carbocycles. The van der Waals surface area contributed by atoms with Crippen molar-refractivity contribution in [3.8, 4) is 0 Å². The van der Waals surface area contributed by atoms with Crippen molar-refractivity contribution in [1.29, 1.82) is 0 Å². The SMILES string of the molecule is CCCc1nc(N(CC)Cc2ccccn2)sc1CNC. The quantitative estimate of drug-likeness (QED) is 0.813. The summed E-state index contributed by atoms with van der Waals surface area (Å²) in [5.41, 5.74) is 2.33. The normalized spacial score (nSPS) is 10.8. The highest BCUT2D eigenvalue weighted by Crippen LogP contribution is 2.28. The highest BCUT2D eigenvalue weighted by Gasteiger charge is 2.15. The van der Waals surface area contributed by atoms with Gasteiger partial charge in [0, 0.05) is 24.2 Å².